The molecular weight excluding hydrogens is 689 g/mol. The lowest BCUT2D eigenvalue weighted by molar-refractivity contribution is 0.415. The van der Waals surface area contributed by atoms with Crippen LogP contribution in [0.2, 0.25) is 0 Å². The van der Waals surface area contributed by atoms with E-state index in [1.54, 1.807) is 14.2 Å². The Morgan fingerprint density at radius 1 is 0.411 bits per heavy atom. The van der Waals surface area contributed by atoms with Gasteiger partial charge in [0, 0.05) is 33.3 Å². The van der Waals surface area contributed by atoms with E-state index in [0.717, 1.165) is 101 Å². The third kappa shape index (κ3) is 6.76. The van der Waals surface area contributed by atoms with Crippen LogP contribution in [-0.2, 0) is 0 Å². The third-order valence-corrected chi connectivity index (χ3v) is 9.68. The molecule has 0 aliphatic carbocycles. The van der Waals surface area contributed by atoms with Crippen LogP contribution in [-0.4, -0.2) is 34.2 Å². The van der Waals surface area contributed by atoms with Crippen molar-refractivity contribution >= 4 is 46.4 Å². The van der Waals surface area contributed by atoms with E-state index in [-0.39, 0.29) is 0 Å². The molecule has 6 nitrogen and oxygen atoms in total. The van der Waals surface area contributed by atoms with Crippen LogP contribution >= 0.6 is 0 Å². The van der Waals surface area contributed by atoms with Crippen molar-refractivity contribution in [2.75, 3.05) is 14.2 Å². The van der Waals surface area contributed by atoms with Gasteiger partial charge in [-0.25, -0.2) is 9.97 Å². The molecule has 3 aromatic heterocycles. The molecule has 2 aliphatic heterocycles. The standard InChI is InChI=1S/C50H34N4O2/c1-55-37-17-9-15-35(31-37)49-45-27-23-41(51-45)39(21-19-33-11-5-3-6-12-33)43-25-29-47(53-43)50(36-16-10-18-38(32-36)56-2)48-30-26-44(54-48)40(42-24-28-46(49)52-42)22-20-34-13-7-4-8-14-34/h3-18,23-32,51,54H,1-2H3. The summed E-state index contributed by atoms with van der Waals surface area (Å²) in [6.45, 7) is 0. The Bertz CT molecular complexity index is 2800. The lowest BCUT2D eigenvalue weighted by atomic mass is 10.0. The van der Waals surface area contributed by atoms with Crippen LogP contribution in [0.3, 0.4) is 0 Å². The molecule has 6 heteroatoms. The average molecular weight is 723 g/mol. The molecule has 56 heavy (non-hydrogen) atoms. The Hall–Kier alpha value is -7.80. The first-order valence-corrected chi connectivity index (χ1v) is 18.2. The van der Waals surface area contributed by atoms with E-state index < -0.39 is 0 Å². The van der Waals surface area contributed by atoms with Crippen LogP contribution in [0.5, 0.6) is 11.5 Å². The third-order valence-electron chi connectivity index (χ3n) is 9.68. The Labute approximate surface area is 324 Å². The highest BCUT2D eigenvalue weighted by Crippen LogP contribution is 2.35. The molecule has 4 aromatic carbocycles. The van der Waals surface area contributed by atoms with Gasteiger partial charge >= 0.3 is 0 Å². The predicted molar refractivity (Wildman–Crippen MR) is 228 cm³/mol. The molecule has 0 fully saturated rings. The lowest BCUT2D eigenvalue weighted by Gasteiger charge is -2.07. The molecule has 0 unspecified atom stereocenters. The summed E-state index contributed by atoms with van der Waals surface area (Å²) in [7, 11) is 3.35. The summed E-state index contributed by atoms with van der Waals surface area (Å²) in [4.78, 5) is 18.0. The Morgan fingerprint density at radius 3 is 1.25 bits per heavy atom. The maximum absolute atomic E-state index is 5.67. The summed E-state index contributed by atoms with van der Waals surface area (Å²) in [5, 5.41) is 0. The van der Waals surface area contributed by atoms with E-state index >= 15 is 0 Å². The van der Waals surface area contributed by atoms with Gasteiger partial charge in [0.1, 0.15) is 11.5 Å². The number of H-pyrrole nitrogens is 2. The predicted octanol–water partition coefficient (Wildman–Crippen LogP) is 10.8. The van der Waals surface area contributed by atoms with Crippen molar-refractivity contribution in [3.05, 3.63) is 178 Å². The van der Waals surface area contributed by atoms with Crippen LogP contribution in [0.15, 0.2) is 133 Å². The zero-order valence-electron chi connectivity index (χ0n) is 30.7. The minimum atomic E-state index is 0.744. The number of hydrogen-bond donors (Lipinski definition) is 2. The van der Waals surface area contributed by atoms with Crippen LogP contribution in [0.25, 0.3) is 68.6 Å². The van der Waals surface area contributed by atoms with Gasteiger partial charge in [-0.1, -0.05) is 84.3 Å². The van der Waals surface area contributed by atoms with Gasteiger partial charge in [-0.15, -0.1) is 0 Å². The minimum Gasteiger partial charge on any atom is -0.497 e. The second kappa shape index (κ2) is 14.9. The van der Waals surface area contributed by atoms with Crippen molar-refractivity contribution in [2.45, 2.75) is 0 Å². The number of nitrogens with zero attached hydrogens (tertiary/aromatic N) is 2. The van der Waals surface area contributed by atoms with Crippen molar-refractivity contribution in [1.82, 2.24) is 19.9 Å². The van der Waals surface area contributed by atoms with Crippen molar-refractivity contribution in [3.63, 3.8) is 0 Å². The second-order valence-corrected chi connectivity index (χ2v) is 13.2. The summed E-state index contributed by atoms with van der Waals surface area (Å²) in [6, 6.07) is 44.3. The first-order valence-electron chi connectivity index (χ1n) is 18.2. The molecule has 9 rings (SSSR count). The molecule has 0 amide bonds. The van der Waals surface area contributed by atoms with Gasteiger partial charge in [0.25, 0.3) is 0 Å². The molecule has 0 atom stereocenters. The zero-order valence-corrected chi connectivity index (χ0v) is 30.7. The smallest absolute Gasteiger partial charge is 0.119 e. The van der Waals surface area contributed by atoms with E-state index in [9.17, 15) is 0 Å². The van der Waals surface area contributed by atoms with Crippen LogP contribution in [0.1, 0.15) is 45.0 Å². The molecular formula is C50H34N4O2. The summed E-state index contributed by atoms with van der Waals surface area (Å²) in [6.07, 6.45) is 8.17. The molecule has 0 saturated carbocycles. The number of aromatic amines is 2. The number of hydrogen-bond acceptors (Lipinski definition) is 4. The number of ether oxygens (including phenoxy) is 2. The van der Waals surface area contributed by atoms with Gasteiger partial charge in [-0.3, -0.25) is 0 Å². The number of nitrogens with one attached hydrogen (secondary N) is 2. The first kappa shape index (κ1) is 34.0. The van der Waals surface area contributed by atoms with E-state index in [1.807, 2.05) is 109 Å². The monoisotopic (exact) mass is 722 g/mol. The van der Waals surface area contributed by atoms with E-state index in [1.165, 1.54) is 0 Å². The number of methoxy groups -OCH3 is 2. The fourth-order valence-corrected chi connectivity index (χ4v) is 6.95. The maximum Gasteiger partial charge on any atom is 0.119 e. The Balaban J connectivity index is 1.43. The quantitative estimate of drug-likeness (QED) is 0.177. The van der Waals surface area contributed by atoms with Gasteiger partial charge in [0.2, 0.25) is 0 Å². The molecule has 0 radical (unpaired) electrons. The number of benzene rings is 4. The average Bonchev–Trinajstić information content (AvgIpc) is 4.10. The summed E-state index contributed by atoms with van der Waals surface area (Å²) >= 11 is 0. The molecule has 2 N–H and O–H groups in total. The van der Waals surface area contributed by atoms with Crippen molar-refractivity contribution in [1.29, 1.82) is 0 Å². The van der Waals surface area contributed by atoms with E-state index in [0.29, 0.717) is 0 Å². The highest BCUT2D eigenvalue weighted by atomic mass is 16.5. The van der Waals surface area contributed by atoms with Crippen molar-refractivity contribution in [2.24, 2.45) is 0 Å². The molecule has 7 aromatic rings. The molecule has 0 spiro atoms. The molecule has 266 valence electrons. The Kier molecular flexibility index (Phi) is 9.05. The van der Waals surface area contributed by atoms with Gasteiger partial charge in [-0.05, 0) is 108 Å². The lowest BCUT2D eigenvalue weighted by Crippen LogP contribution is -1.90. The van der Waals surface area contributed by atoms with E-state index in [4.69, 9.17) is 19.4 Å². The fraction of sp³-hybridized carbons (Fsp3) is 0.0400. The summed E-state index contributed by atoms with van der Waals surface area (Å²) in [5.74, 6) is 15.2. The normalized spacial score (nSPS) is 11.3. The van der Waals surface area contributed by atoms with Gasteiger partial charge in [0.15, 0.2) is 0 Å². The first-order chi connectivity index (χ1) is 27.6. The van der Waals surface area contributed by atoms with Crippen LogP contribution in [0.4, 0.5) is 0 Å². The molecule has 5 heterocycles. The molecule has 8 bridgehead atoms. The maximum atomic E-state index is 5.67. The summed E-state index contributed by atoms with van der Waals surface area (Å²) in [5.41, 5.74) is 13.6. The highest BCUT2D eigenvalue weighted by Gasteiger charge is 2.17. The number of fused-ring (bicyclic) bond motifs is 8. The minimum absolute atomic E-state index is 0.744. The highest BCUT2D eigenvalue weighted by molar-refractivity contribution is 5.95. The fourth-order valence-electron chi connectivity index (χ4n) is 6.95. The van der Waals surface area contributed by atoms with Gasteiger partial charge in [0.05, 0.1) is 59.2 Å². The van der Waals surface area contributed by atoms with Crippen LogP contribution in [0, 0.1) is 23.7 Å². The second-order valence-electron chi connectivity index (χ2n) is 13.2. The van der Waals surface area contributed by atoms with Gasteiger partial charge < -0.3 is 19.4 Å². The van der Waals surface area contributed by atoms with E-state index in [2.05, 4.69) is 82.2 Å². The van der Waals surface area contributed by atoms with Crippen molar-refractivity contribution < 1.29 is 9.47 Å². The Morgan fingerprint density at radius 2 is 0.821 bits per heavy atom. The SMILES string of the molecule is COc1cccc(-c2c3nc(c(C#Cc4ccccc4)c4ccc([nH]4)c(-c4cccc(OC)c4)c4nc(c(C#Cc5ccccc5)c5ccc2[nH]5)C=C4)C=C3)c1. The topological polar surface area (TPSA) is 75.8 Å². The zero-order chi connectivity index (χ0) is 37.8. The number of aromatic nitrogens is 4. The molecule has 0 saturated heterocycles. The largest absolute Gasteiger partial charge is 0.497 e. The summed E-state index contributed by atoms with van der Waals surface area (Å²) < 4.78 is 11.3. The number of rotatable bonds is 4. The van der Waals surface area contributed by atoms with Crippen LogP contribution < -0.4 is 9.47 Å². The molecule has 2 aliphatic rings. The van der Waals surface area contributed by atoms with Crippen molar-refractivity contribution in [3.8, 4) is 57.4 Å². The van der Waals surface area contributed by atoms with Gasteiger partial charge in [-0.2, -0.15) is 0 Å².